The number of hydrogen-bond acceptors (Lipinski definition) is 1. The number of allylic oxidation sites excluding steroid dienone is 4. The second-order valence-corrected chi connectivity index (χ2v) is 16.2. The molecule has 0 radical (unpaired) electrons. The summed E-state index contributed by atoms with van der Waals surface area (Å²) < 4.78 is 0. The van der Waals surface area contributed by atoms with Gasteiger partial charge in [0.1, 0.15) is 0 Å². The van der Waals surface area contributed by atoms with Crippen molar-refractivity contribution >= 4 is 38.6 Å². The van der Waals surface area contributed by atoms with Crippen molar-refractivity contribution in [3.8, 4) is 11.1 Å². The lowest BCUT2D eigenvalue weighted by Crippen LogP contribution is -2.45. The highest BCUT2D eigenvalue weighted by Crippen LogP contribution is 2.66. The van der Waals surface area contributed by atoms with Crippen LogP contribution in [0, 0.1) is 0 Å². The zero-order valence-electron chi connectivity index (χ0n) is 32.7. The molecule has 9 aromatic rings. The summed E-state index contributed by atoms with van der Waals surface area (Å²) in [5.41, 5.74) is 15.6. The van der Waals surface area contributed by atoms with Crippen molar-refractivity contribution in [2.24, 2.45) is 0 Å². The summed E-state index contributed by atoms with van der Waals surface area (Å²) in [6, 6.07) is 77.4. The summed E-state index contributed by atoms with van der Waals surface area (Å²) in [5, 5.41) is 4.88. The van der Waals surface area contributed by atoms with E-state index in [9.17, 15) is 0 Å². The summed E-state index contributed by atoms with van der Waals surface area (Å²) in [6.07, 6.45) is 9.37. The minimum Gasteiger partial charge on any atom is -0.309 e. The van der Waals surface area contributed by atoms with E-state index in [2.05, 4.69) is 229 Å². The van der Waals surface area contributed by atoms with Crippen LogP contribution in [0.25, 0.3) is 32.7 Å². The molecule has 0 heterocycles. The molecule has 278 valence electrons. The van der Waals surface area contributed by atoms with Crippen molar-refractivity contribution in [3.05, 3.63) is 269 Å². The van der Waals surface area contributed by atoms with E-state index in [0.717, 1.165) is 24.2 Å². The first-order valence-electron chi connectivity index (χ1n) is 20.9. The standard InChI is InChI=1S/C58H41N/c1-3-24-42(25-4-1)57(43-26-5-2-6-27-43)48-32-13-15-34-50(48)58(51-35-16-14-33-49(51)57)47-31-12-11-30-46(47)56-52(58)36-19-39-55(56)59(53-37-17-22-40-20-7-9-28-44(40)53)54-38-18-23-41-21-8-10-29-45(41)54/h1,3-5,7-39H,2,6H2. The van der Waals surface area contributed by atoms with E-state index >= 15 is 0 Å². The van der Waals surface area contributed by atoms with Gasteiger partial charge in [-0.2, -0.15) is 0 Å². The molecule has 9 aromatic carbocycles. The van der Waals surface area contributed by atoms with Crippen LogP contribution in [0.1, 0.15) is 51.8 Å². The highest BCUT2D eigenvalue weighted by atomic mass is 15.1. The van der Waals surface area contributed by atoms with Crippen molar-refractivity contribution in [1.29, 1.82) is 0 Å². The van der Waals surface area contributed by atoms with Crippen molar-refractivity contribution in [3.63, 3.8) is 0 Å². The largest absolute Gasteiger partial charge is 0.309 e. The molecule has 0 saturated heterocycles. The molecule has 1 nitrogen and oxygen atoms in total. The van der Waals surface area contributed by atoms with Gasteiger partial charge in [0, 0.05) is 16.3 Å². The first-order chi connectivity index (χ1) is 29.3. The molecule has 3 aliphatic carbocycles. The molecule has 0 aromatic heterocycles. The Kier molecular flexibility index (Phi) is 7.56. The van der Waals surface area contributed by atoms with E-state index < -0.39 is 10.8 Å². The topological polar surface area (TPSA) is 3.24 Å². The fourth-order valence-corrected chi connectivity index (χ4v) is 11.2. The average molecular weight is 752 g/mol. The molecule has 1 spiro atoms. The smallest absolute Gasteiger partial charge is 0.0720 e. The fraction of sp³-hybridized carbons (Fsp3) is 0.0690. The summed E-state index contributed by atoms with van der Waals surface area (Å²) in [7, 11) is 0. The molecule has 0 amide bonds. The minimum absolute atomic E-state index is 0.496. The molecule has 59 heavy (non-hydrogen) atoms. The maximum absolute atomic E-state index is 2.55. The van der Waals surface area contributed by atoms with E-state index in [0.29, 0.717) is 0 Å². The number of anilines is 3. The maximum atomic E-state index is 2.55. The van der Waals surface area contributed by atoms with Gasteiger partial charge in [-0.15, -0.1) is 0 Å². The summed E-state index contributed by atoms with van der Waals surface area (Å²) >= 11 is 0. The van der Waals surface area contributed by atoms with Gasteiger partial charge in [0.05, 0.1) is 27.9 Å². The normalized spacial score (nSPS) is 18.5. The zero-order valence-corrected chi connectivity index (χ0v) is 32.7. The average Bonchev–Trinajstić information content (AvgIpc) is 3.61. The lowest BCUT2D eigenvalue weighted by Gasteiger charge is -2.50. The van der Waals surface area contributed by atoms with Crippen LogP contribution in [0.15, 0.2) is 230 Å². The van der Waals surface area contributed by atoms with Gasteiger partial charge in [-0.25, -0.2) is 0 Å². The van der Waals surface area contributed by atoms with Crippen molar-refractivity contribution < 1.29 is 0 Å². The predicted molar refractivity (Wildman–Crippen MR) is 246 cm³/mol. The van der Waals surface area contributed by atoms with Gasteiger partial charge in [0.15, 0.2) is 0 Å². The van der Waals surface area contributed by atoms with Crippen LogP contribution in [-0.2, 0) is 10.8 Å². The molecule has 12 rings (SSSR count). The number of fused-ring (bicyclic) bond motifs is 11. The predicted octanol–water partition coefficient (Wildman–Crippen LogP) is 14.8. The Morgan fingerprint density at radius 2 is 0.831 bits per heavy atom. The molecular formula is C58H41N. The third kappa shape index (κ3) is 4.62. The van der Waals surface area contributed by atoms with E-state index in [1.165, 1.54) is 82.9 Å². The number of nitrogens with zero attached hydrogens (tertiary/aromatic N) is 1. The van der Waals surface area contributed by atoms with Crippen molar-refractivity contribution in [2.75, 3.05) is 4.90 Å². The van der Waals surface area contributed by atoms with Crippen LogP contribution in [0.3, 0.4) is 0 Å². The molecular weight excluding hydrogens is 711 g/mol. The molecule has 0 fully saturated rings. The molecule has 0 bridgehead atoms. The third-order valence-electron chi connectivity index (χ3n) is 13.4. The molecule has 0 atom stereocenters. The second-order valence-electron chi connectivity index (χ2n) is 16.2. The minimum atomic E-state index is -0.574. The Labute approximate surface area is 345 Å². The van der Waals surface area contributed by atoms with Crippen LogP contribution in [0.4, 0.5) is 17.1 Å². The molecule has 0 aliphatic heterocycles. The van der Waals surface area contributed by atoms with Crippen LogP contribution < -0.4 is 4.90 Å². The first-order valence-corrected chi connectivity index (χ1v) is 20.9. The van der Waals surface area contributed by atoms with E-state index in [1.54, 1.807) is 0 Å². The number of rotatable bonds is 5. The Bertz CT molecular complexity index is 3050. The van der Waals surface area contributed by atoms with Gasteiger partial charge < -0.3 is 4.90 Å². The summed E-state index contributed by atoms with van der Waals surface area (Å²) in [4.78, 5) is 2.55. The van der Waals surface area contributed by atoms with Crippen LogP contribution in [0.5, 0.6) is 0 Å². The molecule has 0 N–H and O–H groups in total. The monoisotopic (exact) mass is 751 g/mol. The van der Waals surface area contributed by atoms with Gasteiger partial charge in [-0.1, -0.05) is 206 Å². The van der Waals surface area contributed by atoms with Crippen molar-refractivity contribution in [1.82, 2.24) is 0 Å². The summed E-state index contributed by atoms with van der Waals surface area (Å²) in [5.74, 6) is 0. The highest BCUT2D eigenvalue weighted by Gasteiger charge is 2.57. The molecule has 1 heteroatoms. The second kappa shape index (κ2) is 13.2. The van der Waals surface area contributed by atoms with E-state index in [4.69, 9.17) is 0 Å². The maximum Gasteiger partial charge on any atom is 0.0720 e. The third-order valence-corrected chi connectivity index (χ3v) is 13.4. The quantitative estimate of drug-likeness (QED) is 0.169. The Balaban J connectivity index is 1.22. The number of benzene rings is 9. The van der Waals surface area contributed by atoms with E-state index in [-0.39, 0.29) is 0 Å². The lowest BCUT2D eigenvalue weighted by molar-refractivity contribution is 0.619. The fourth-order valence-electron chi connectivity index (χ4n) is 11.2. The molecule has 0 unspecified atom stereocenters. The van der Waals surface area contributed by atoms with Gasteiger partial charge >= 0.3 is 0 Å². The van der Waals surface area contributed by atoms with E-state index in [1.807, 2.05) is 0 Å². The first kappa shape index (κ1) is 33.9. The lowest BCUT2D eigenvalue weighted by atomic mass is 9.51. The van der Waals surface area contributed by atoms with Crippen molar-refractivity contribution in [2.45, 2.75) is 23.7 Å². The zero-order chi connectivity index (χ0) is 39.0. The van der Waals surface area contributed by atoms with Gasteiger partial charge in [-0.05, 0) is 91.9 Å². The Morgan fingerprint density at radius 3 is 1.44 bits per heavy atom. The van der Waals surface area contributed by atoms with Crippen LogP contribution in [0.2, 0.25) is 0 Å². The number of hydrogen-bond donors (Lipinski definition) is 0. The highest BCUT2D eigenvalue weighted by molar-refractivity contribution is 6.08. The van der Waals surface area contributed by atoms with Gasteiger partial charge in [0.2, 0.25) is 0 Å². The van der Waals surface area contributed by atoms with Crippen LogP contribution >= 0.6 is 0 Å². The summed E-state index contributed by atoms with van der Waals surface area (Å²) in [6.45, 7) is 0. The molecule has 3 aliphatic rings. The molecule has 0 saturated carbocycles. The van der Waals surface area contributed by atoms with Gasteiger partial charge in [-0.3, -0.25) is 0 Å². The Hall–Kier alpha value is -7.22. The SMILES string of the molecule is C1=CC(C2(c3ccccc3)c3ccccc3C3(c4ccccc4-c4c(N(c5cccc6ccccc56)c5cccc6ccccc56)cccc43)c3ccccc32)=CCC1. The Morgan fingerprint density at radius 1 is 0.356 bits per heavy atom. The van der Waals surface area contributed by atoms with Crippen LogP contribution in [-0.4, -0.2) is 0 Å². The van der Waals surface area contributed by atoms with Gasteiger partial charge in [0.25, 0.3) is 0 Å².